The molecule has 1 saturated carbocycles. The van der Waals surface area contributed by atoms with Crippen LogP contribution in [-0.2, 0) is 6.42 Å². The molecule has 20 heavy (non-hydrogen) atoms. The van der Waals surface area contributed by atoms with Crippen molar-refractivity contribution in [3.05, 3.63) is 38.8 Å². The Kier molecular flexibility index (Phi) is 3.85. The molecule has 0 radical (unpaired) electrons. The number of nitrogen functional groups attached to an aromatic ring is 1. The molecule has 0 aromatic carbocycles. The van der Waals surface area contributed by atoms with Crippen molar-refractivity contribution in [1.82, 2.24) is 9.88 Å². The van der Waals surface area contributed by atoms with Crippen LogP contribution in [0.2, 0.25) is 0 Å². The zero-order valence-corrected chi connectivity index (χ0v) is 13.3. The maximum atomic E-state index is 12.2. The third kappa shape index (κ3) is 3.07. The van der Waals surface area contributed by atoms with Gasteiger partial charge in [-0.2, -0.15) is 0 Å². The van der Waals surface area contributed by atoms with E-state index in [1.165, 1.54) is 4.88 Å². The van der Waals surface area contributed by atoms with Crippen LogP contribution < -0.4 is 11.1 Å². The average Bonchev–Trinajstić information content (AvgIpc) is 3.06. The first kappa shape index (κ1) is 13.7. The number of hydrogen-bond donors (Lipinski definition) is 2. The monoisotopic (exact) mass is 353 g/mol. The molecule has 0 saturated heterocycles. The zero-order chi connectivity index (χ0) is 14.1. The minimum Gasteiger partial charge on any atom is -0.397 e. The minimum absolute atomic E-state index is 0.0378. The first-order valence-electron chi connectivity index (χ1n) is 6.63. The summed E-state index contributed by atoms with van der Waals surface area (Å²) in [6.07, 6.45) is 4.99. The Hall–Kier alpha value is -1.27. The van der Waals surface area contributed by atoms with Crippen molar-refractivity contribution in [3.63, 3.8) is 0 Å². The highest BCUT2D eigenvalue weighted by atomic mass is 79.9. The Balaban J connectivity index is 1.59. The van der Waals surface area contributed by atoms with Crippen molar-refractivity contribution in [1.29, 1.82) is 0 Å². The highest BCUT2D eigenvalue weighted by Gasteiger charge is 2.27. The van der Waals surface area contributed by atoms with E-state index in [9.17, 15) is 4.79 Å². The summed E-state index contributed by atoms with van der Waals surface area (Å²) in [5, 5.41) is 2.97. The van der Waals surface area contributed by atoms with E-state index in [1.807, 2.05) is 16.8 Å². The number of carbonyl (C=O) groups is 1. The van der Waals surface area contributed by atoms with Gasteiger partial charge in [0.1, 0.15) is 5.69 Å². The van der Waals surface area contributed by atoms with Gasteiger partial charge in [-0.3, -0.25) is 4.79 Å². The van der Waals surface area contributed by atoms with Gasteiger partial charge in [0.2, 0.25) is 0 Å². The van der Waals surface area contributed by atoms with Gasteiger partial charge in [0.05, 0.1) is 9.47 Å². The molecule has 6 heteroatoms. The molecule has 3 rings (SSSR count). The van der Waals surface area contributed by atoms with Crippen molar-refractivity contribution in [3.8, 4) is 0 Å². The van der Waals surface area contributed by atoms with Gasteiger partial charge in [-0.05, 0) is 53.4 Å². The second kappa shape index (κ2) is 5.61. The van der Waals surface area contributed by atoms with Crippen LogP contribution in [0.25, 0.3) is 0 Å². The first-order valence-corrected chi connectivity index (χ1v) is 8.24. The van der Waals surface area contributed by atoms with Gasteiger partial charge in [-0.25, -0.2) is 0 Å². The van der Waals surface area contributed by atoms with E-state index < -0.39 is 0 Å². The summed E-state index contributed by atoms with van der Waals surface area (Å²) in [5.41, 5.74) is 7.14. The van der Waals surface area contributed by atoms with E-state index in [1.54, 1.807) is 17.4 Å². The van der Waals surface area contributed by atoms with Crippen molar-refractivity contribution >= 4 is 38.9 Å². The summed E-state index contributed by atoms with van der Waals surface area (Å²) >= 11 is 5.14. The lowest BCUT2D eigenvalue weighted by Gasteiger charge is -2.08. The highest BCUT2D eigenvalue weighted by Crippen LogP contribution is 2.37. The molecule has 0 atom stereocenters. The van der Waals surface area contributed by atoms with Crippen molar-refractivity contribution in [2.24, 2.45) is 0 Å². The molecular formula is C14H16BrN3OS. The van der Waals surface area contributed by atoms with Crippen LogP contribution in [-0.4, -0.2) is 17.0 Å². The molecule has 2 heterocycles. The molecule has 1 fully saturated rings. The summed E-state index contributed by atoms with van der Waals surface area (Å²) < 4.78 is 3.13. The van der Waals surface area contributed by atoms with E-state index >= 15 is 0 Å². The molecule has 3 N–H and O–H groups in total. The highest BCUT2D eigenvalue weighted by molar-refractivity contribution is 9.11. The molecule has 0 bridgehead atoms. The van der Waals surface area contributed by atoms with Crippen molar-refractivity contribution in [2.45, 2.75) is 25.3 Å². The molecule has 2 aromatic rings. The summed E-state index contributed by atoms with van der Waals surface area (Å²) in [6, 6.07) is 6.32. The second-order valence-corrected chi connectivity index (χ2v) is 7.56. The predicted octanol–water partition coefficient (Wildman–Crippen LogP) is 3.20. The number of rotatable bonds is 5. The fourth-order valence-electron chi connectivity index (χ4n) is 2.21. The molecule has 1 amide bonds. The van der Waals surface area contributed by atoms with Crippen LogP contribution in [0, 0.1) is 0 Å². The van der Waals surface area contributed by atoms with Crippen molar-refractivity contribution in [2.75, 3.05) is 12.3 Å². The third-order valence-corrected chi connectivity index (χ3v) is 5.01. The van der Waals surface area contributed by atoms with Crippen LogP contribution in [0.4, 0.5) is 5.69 Å². The second-order valence-electron chi connectivity index (χ2n) is 5.01. The molecule has 0 unspecified atom stereocenters. The Morgan fingerprint density at radius 2 is 2.30 bits per heavy atom. The maximum absolute atomic E-state index is 12.2. The van der Waals surface area contributed by atoms with Crippen LogP contribution in [0.15, 0.2) is 28.2 Å². The topological polar surface area (TPSA) is 60.1 Å². The predicted molar refractivity (Wildman–Crippen MR) is 85.2 cm³/mol. The molecule has 1 aliphatic rings. The average molecular weight is 354 g/mol. The van der Waals surface area contributed by atoms with E-state index in [0.29, 0.717) is 24.0 Å². The number of nitrogens with one attached hydrogen (secondary N) is 1. The minimum atomic E-state index is -0.0378. The Bertz CT molecular complexity index is 630. The lowest BCUT2D eigenvalue weighted by Crippen LogP contribution is -2.27. The number of nitrogens with two attached hydrogens (primary N) is 1. The number of hydrogen-bond acceptors (Lipinski definition) is 3. The van der Waals surface area contributed by atoms with Gasteiger partial charge >= 0.3 is 0 Å². The van der Waals surface area contributed by atoms with Crippen molar-refractivity contribution < 1.29 is 4.79 Å². The fraction of sp³-hybridized carbons (Fsp3) is 0.357. The molecule has 0 spiro atoms. The van der Waals surface area contributed by atoms with E-state index in [4.69, 9.17) is 5.73 Å². The van der Waals surface area contributed by atoms with Crippen LogP contribution in [0.3, 0.4) is 0 Å². The molecule has 106 valence electrons. The number of nitrogens with zero attached hydrogens (tertiary/aromatic N) is 1. The Labute approximate surface area is 130 Å². The molecular weight excluding hydrogens is 338 g/mol. The van der Waals surface area contributed by atoms with Crippen LogP contribution in [0.5, 0.6) is 0 Å². The van der Waals surface area contributed by atoms with Crippen LogP contribution in [0.1, 0.15) is 34.2 Å². The first-order chi connectivity index (χ1) is 9.63. The molecule has 2 aromatic heterocycles. The molecule has 4 nitrogen and oxygen atoms in total. The summed E-state index contributed by atoms with van der Waals surface area (Å²) in [6.45, 7) is 0.640. The fourth-order valence-corrected chi connectivity index (χ4v) is 3.70. The van der Waals surface area contributed by atoms with Crippen LogP contribution >= 0.6 is 27.3 Å². The summed E-state index contributed by atoms with van der Waals surface area (Å²) in [5.74, 6) is -0.0378. The standard InChI is InChI=1S/C14H16BrN3OS/c15-13-4-3-11(20-13)5-6-17-14(19)12-7-9(16)8-18(12)10-1-2-10/h3-4,7-8,10H,1-2,5-6,16H2,(H,17,19). The third-order valence-electron chi connectivity index (χ3n) is 3.33. The normalized spacial score (nSPS) is 14.4. The largest absolute Gasteiger partial charge is 0.397 e. The smallest absolute Gasteiger partial charge is 0.268 e. The van der Waals surface area contributed by atoms with Gasteiger partial charge in [0.25, 0.3) is 5.91 Å². The number of amides is 1. The number of thiophene rings is 1. The summed E-state index contributed by atoms with van der Waals surface area (Å²) in [7, 11) is 0. The molecule has 0 aliphatic heterocycles. The van der Waals surface area contributed by atoms with Gasteiger partial charge in [-0.15, -0.1) is 11.3 Å². The summed E-state index contributed by atoms with van der Waals surface area (Å²) in [4.78, 5) is 13.5. The van der Waals surface area contributed by atoms with Gasteiger partial charge in [0, 0.05) is 23.7 Å². The Morgan fingerprint density at radius 1 is 1.50 bits per heavy atom. The quantitative estimate of drug-likeness (QED) is 0.866. The lowest BCUT2D eigenvalue weighted by atomic mass is 10.3. The Morgan fingerprint density at radius 3 is 2.95 bits per heavy atom. The van der Waals surface area contributed by atoms with Gasteiger partial charge in [-0.1, -0.05) is 0 Å². The number of carbonyl (C=O) groups excluding carboxylic acids is 1. The maximum Gasteiger partial charge on any atom is 0.268 e. The lowest BCUT2D eigenvalue weighted by molar-refractivity contribution is 0.0944. The van der Waals surface area contributed by atoms with Gasteiger partial charge < -0.3 is 15.6 Å². The number of aromatic nitrogens is 1. The number of halogens is 1. The van der Waals surface area contributed by atoms with E-state index in [-0.39, 0.29) is 5.91 Å². The molecule has 1 aliphatic carbocycles. The van der Waals surface area contributed by atoms with E-state index in [2.05, 4.69) is 27.3 Å². The SMILES string of the molecule is Nc1cc(C(=O)NCCc2ccc(Br)s2)n(C2CC2)c1. The van der Waals surface area contributed by atoms with Gasteiger partial charge in [0.15, 0.2) is 0 Å². The number of anilines is 1. The van der Waals surface area contributed by atoms with E-state index in [0.717, 1.165) is 23.0 Å². The zero-order valence-electron chi connectivity index (χ0n) is 10.9.